The first-order chi connectivity index (χ1) is 6.74. The first kappa shape index (κ1) is 12.4. The number of nitrogens with two attached hydrogens (primary N) is 1. The van der Waals surface area contributed by atoms with Crippen molar-refractivity contribution in [3.8, 4) is 0 Å². The van der Waals surface area contributed by atoms with Gasteiger partial charge in [-0.15, -0.1) is 0 Å². The Labute approximate surface area is 93.2 Å². The summed E-state index contributed by atoms with van der Waals surface area (Å²) in [6.07, 6.45) is 8.41. The van der Waals surface area contributed by atoms with E-state index in [2.05, 4.69) is 25.6 Å². The number of rotatable bonds is 5. The third kappa shape index (κ3) is 4.22. The Hall–Kier alpha value is 0.310. The van der Waals surface area contributed by atoms with E-state index < -0.39 is 0 Å². The number of thioether (sulfide) groups is 1. The molecular formula is C12H25NS. The summed E-state index contributed by atoms with van der Waals surface area (Å²) in [4.78, 5) is 0. The molecule has 0 spiro atoms. The zero-order valence-corrected chi connectivity index (χ0v) is 10.5. The molecule has 1 fully saturated rings. The maximum Gasteiger partial charge on any atom is 0.0156 e. The van der Waals surface area contributed by atoms with Crippen LogP contribution in [-0.2, 0) is 0 Å². The van der Waals surface area contributed by atoms with Gasteiger partial charge in [-0.2, -0.15) is 11.8 Å². The lowest BCUT2D eigenvalue weighted by atomic mass is 10.0. The molecule has 2 unspecified atom stereocenters. The molecule has 0 aromatic heterocycles. The first-order valence-corrected chi connectivity index (χ1v) is 7.16. The van der Waals surface area contributed by atoms with Gasteiger partial charge in [0.05, 0.1) is 0 Å². The van der Waals surface area contributed by atoms with Crippen LogP contribution in [0.1, 0.15) is 52.4 Å². The lowest BCUT2D eigenvalue weighted by Gasteiger charge is -2.24. The van der Waals surface area contributed by atoms with Crippen LogP contribution in [-0.4, -0.2) is 17.0 Å². The molecule has 0 aliphatic heterocycles. The van der Waals surface area contributed by atoms with Gasteiger partial charge in [0.25, 0.3) is 0 Å². The van der Waals surface area contributed by atoms with Gasteiger partial charge in [0, 0.05) is 17.0 Å². The molecule has 0 heterocycles. The third-order valence-corrected chi connectivity index (χ3v) is 4.97. The van der Waals surface area contributed by atoms with Gasteiger partial charge >= 0.3 is 0 Å². The van der Waals surface area contributed by atoms with Crippen molar-refractivity contribution in [1.82, 2.24) is 0 Å². The summed E-state index contributed by atoms with van der Waals surface area (Å²) in [5.74, 6) is 1.85. The van der Waals surface area contributed by atoms with Crippen molar-refractivity contribution >= 4 is 11.8 Å². The molecule has 1 aliphatic carbocycles. The minimum Gasteiger partial charge on any atom is -0.327 e. The van der Waals surface area contributed by atoms with Gasteiger partial charge in [-0.05, 0) is 18.8 Å². The van der Waals surface area contributed by atoms with Crippen molar-refractivity contribution in [2.75, 3.05) is 5.75 Å². The van der Waals surface area contributed by atoms with Crippen LogP contribution in [0.3, 0.4) is 0 Å². The molecule has 14 heavy (non-hydrogen) atoms. The summed E-state index contributed by atoms with van der Waals surface area (Å²) in [6.45, 7) is 4.50. The predicted molar refractivity (Wildman–Crippen MR) is 66.8 cm³/mol. The smallest absolute Gasteiger partial charge is 0.0156 e. The van der Waals surface area contributed by atoms with Crippen molar-refractivity contribution in [3.63, 3.8) is 0 Å². The van der Waals surface area contributed by atoms with E-state index in [1.165, 1.54) is 44.3 Å². The average molecular weight is 215 g/mol. The molecule has 1 nitrogen and oxygen atoms in total. The maximum atomic E-state index is 6.12. The van der Waals surface area contributed by atoms with Crippen molar-refractivity contribution < 1.29 is 0 Å². The second-order valence-electron chi connectivity index (χ2n) is 4.64. The normalized spacial score (nSPS) is 23.4. The van der Waals surface area contributed by atoms with Crippen molar-refractivity contribution in [3.05, 3.63) is 0 Å². The van der Waals surface area contributed by atoms with E-state index in [-0.39, 0.29) is 0 Å². The Bertz CT molecular complexity index is 141. The van der Waals surface area contributed by atoms with Crippen molar-refractivity contribution in [2.45, 2.75) is 63.7 Å². The molecular weight excluding hydrogens is 190 g/mol. The summed E-state index contributed by atoms with van der Waals surface area (Å²) >= 11 is 2.12. The average Bonchev–Trinajstić information content (AvgIpc) is 2.26. The minimum atomic E-state index is 0.409. The molecule has 0 radical (unpaired) electrons. The third-order valence-electron chi connectivity index (χ3n) is 3.45. The second-order valence-corrected chi connectivity index (χ2v) is 5.98. The minimum absolute atomic E-state index is 0.409. The zero-order chi connectivity index (χ0) is 10.4. The Kier molecular flexibility index (Phi) is 5.95. The SMILES string of the molecule is CCC(C)C(N)CSC1CCCCC1. The van der Waals surface area contributed by atoms with Gasteiger partial charge in [0.15, 0.2) is 0 Å². The molecule has 1 saturated carbocycles. The lowest BCUT2D eigenvalue weighted by molar-refractivity contribution is 0.472. The van der Waals surface area contributed by atoms with Crippen LogP contribution >= 0.6 is 11.8 Å². The van der Waals surface area contributed by atoms with Crippen LogP contribution in [0.4, 0.5) is 0 Å². The van der Waals surface area contributed by atoms with Crippen LogP contribution in [0.2, 0.25) is 0 Å². The maximum absolute atomic E-state index is 6.12. The van der Waals surface area contributed by atoms with Crippen molar-refractivity contribution in [1.29, 1.82) is 0 Å². The van der Waals surface area contributed by atoms with Crippen molar-refractivity contribution in [2.24, 2.45) is 11.7 Å². The molecule has 1 rings (SSSR count). The molecule has 0 saturated heterocycles. The van der Waals surface area contributed by atoms with Crippen LogP contribution in [0, 0.1) is 5.92 Å². The second kappa shape index (κ2) is 6.73. The fraction of sp³-hybridized carbons (Fsp3) is 1.00. The van der Waals surface area contributed by atoms with E-state index in [4.69, 9.17) is 5.73 Å². The molecule has 0 aromatic rings. The molecule has 0 amide bonds. The van der Waals surface area contributed by atoms with Crippen LogP contribution < -0.4 is 5.73 Å². The monoisotopic (exact) mass is 215 g/mol. The quantitative estimate of drug-likeness (QED) is 0.760. The Balaban J connectivity index is 2.12. The zero-order valence-electron chi connectivity index (χ0n) is 9.67. The predicted octanol–water partition coefficient (Wildman–Crippen LogP) is 3.43. The van der Waals surface area contributed by atoms with Gasteiger partial charge in [-0.25, -0.2) is 0 Å². The van der Waals surface area contributed by atoms with E-state index in [0.717, 1.165) is 5.25 Å². The molecule has 1 aliphatic rings. The van der Waals surface area contributed by atoms with E-state index in [1.807, 2.05) is 0 Å². The Morgan fingerprint density at radius 2 is 1.93 bits per heavy atom. The molecule has 2 heteroatoms. The van der Waals surface area contributed by atoms with Crippen LogP contribution in [0.15, 0.2) is 0 Å². The standard InChI is InChI=1S/C12H25NS/c1-3-10(2)12(13)9-14-11-7-5-4-6-8-11/h10-12H,3-9,13H2,1-2H3. The van der Waals surface area contributed by atoms with Crippen LogP contribution in [0.25, 0.3) is 0 Å². The Morgan fingerprint density at radius 1 is 1.29 bits per heavy atom. The van der Waals surface area contributed by atoms with Gasteiger partial charge in [-0.1, -0.05) is 39.5 Å². The molecule has 2 N–H and O–H groups in total. The largest absolute Gasteiger partial charge is 0.327 e. The van der Waals surface area contributed by atoms with Gasteiger partial charge in [0.2, 0.25) is 0 Å². The summed E-state index contributed by atoms with van der Waals surface area (Å²) in [6, 6.07) is 0.409. The highest BCUT2D eigenvalue weighted by molar-refractivity contribution is 7.99. The summed E-state index contributed by atoms with van der Waals surface area (Å²) in [5.41, 5.74) is 6.12. The topological polar surface area (TPSA) is 26.0 Å². The van der Waals surface area contributed by atoms with Gasteiger partial charge in [-0.3, -0.25) is 0 Å². The summed E-state index contributed by atoms with van der Waals surface area (Å²) < 4.78 is 0. The molecule has 0 bridgehead atoms. The van der Waals surface area contributed by atoms with E-state index >= 15 is 0 Å². The highest BCUT2D eigenvalue weighted by atomic mass is 32.2. The fourth-order valence-electron chi connectivity index (χ4n) is 1.95. The Morgan fingerprint density at radius 3 is 2.50 bits per heavy atom. The lowest BCUT2D eigenvalue weighted by Crippen LogP contribution is -2.31. The van der Waals surface area contributed by atoms with Gasteiger partial charge in [0.1, 0.15) is 0 Å². The highest BCUT2D eigenvalue weighted by Gasteiger charge is 2.17. The molecule has 84 valence electrons. The highest BCUT2D eigenvalue weighted by Crippen LogP contribution is 2.29. The van der Waals surface area contributed by atoms with E-state index in [1.54, 1.807) is 0 Å². The van der Waals surface area contributed by atoms with E-state index in [9.17, 15) is 0 Å². The fourth-order valence-corrected chi connectivity index (χ4v) is 3.44. The first-order valence-electron chi connectivity index (χ1n) is 6.11. The summed E-state index contributed by atoms with van der Waals surface area (Å²) in [7, 11) is 0. The molecule has 0 aromatic carbocycles. The van der Waals surface area contributed by atoms with Crippen LogP contribution in [0.5, 0.6) is 0 Å². The number of hydrogen-bond donors (Lipinski definition) is 1. The summed E-state index contributed by atoms with van der Waals surface area (Å²) in [5, 5.41) is 0.916. The van der Waals surface area contributed by atoms with E-state index in [0.29, 0.717) is 12.0 Å². The molecule has 2 atom stereocenters. The number of hydrogen-bond acceptors (Lipinski definition) is 2. The van der Waals surface area contributed by atoms with Gasteiger partial charge < -0.3 is 5.73 Å².